The number of thiazole rings is 1. The summed E-state index contributed by atoms with van der Waals surface area (Å²) in [6.45, 7) is 7.73. The van der Waals surface area contributed by atoms with E-state index >= 15 is 0 Å². The van der Waals surface area contributed by atoms with Crippen LogP contribution in [0.15, 0.2) is 15.7 Å². The quantitative estimate of drug-likeness (QED) is 0.345. The van der Waals surface area contributed by atoms with Crippen LogP contribution in [-0.2, 0) is 19.3 Å². The van der Waals surface area contributed by atoms with Crippen molar-refractivity contribution in [1.82, 2.24) is 25.8 Å². The predicted octanol–water partition coefficient (Wildman–Crippen LogP) is 2.78. The first-order valence-corrected chi connectivity index (χ1v) is 9.14. The predicted molar refractivity (Wildman–Crippen MR) is 112 cm³/mol. The minimum atomic E-state index is 0. The zero-order chi connectivity index (χ0) is 17.4. The fourth-order valence-electron chi connectivity index (χ4n) is 2.03. The fraction of sp³-hybridized carbons (Fsp3) is 0.625. The molecule has 0 aliphatic rings. The number of guanidine groups is 1. The molecule has 7 nitrogen and oxygen atoms in total. The molecule has 0 aliphatic carbocycles. The largest absolute Gasteiger partial charge is 0.356 e. The number of hydrogen-bond acceptors (Lipinski definition) is 6. The summed E-state index contributed by atoms with van der Waals surface area (Å²) < 4.78 is 5.23. The van der Waals surface area contributed by atoms with E-state index in [1.165, 1.54) is 4.88 Å². The van der Waals surface area contributed by atoms with Crippen LogP contribution in [0.4, 0.5) is 0 Å². The van der Waals surface area contributed by atoms with Crippen molar-refractivity contribution in [3.8, 4) is 0 Å². The number of nitrogens with one attached hydrogen (secondary N) is 2. The number of rotatable bonds is 8. The molecule has 0 saturated heterocycles. The second-order valence-corrected chi connectivity index (χ2v) is 6.90. The maximum Gasteiger partial charge on any atom is 0.228 e. The van der Waals surface area contributed by atoms with Gasteiger partial charge in [-0.3, -0.25) is 4.99 Å². The summed E-state index contributed by atoms with van der Waals surface area (Å²) in [5.74, 6) is 2.45. The lowest BCUT2D eigenvalue weighted by Gasteiger charge is -2.10. The minimum absolute atomic E-state index is 0. The number of nitrogens with zero attached hydrogens (tertiary/aromatic N) is 4. The monoisotopic (exact) mass is 478 g/mol. The van der Waals surface area contributed by atoms with Crippen molar-refractivity contribution in [2.75, 3.05) is 20.1 Å². The number of halogens is 1. The molecule has 0 amide bonds. The Balaban J connectivity index is 0.00000312. The third-order valence-corrected chi connectivity index (χ3v) is 4.64. The van der Waals surface area contributed by atoms with Crippen LogP contribution >= 0.6 is 35.3 Å². The lowest BCUT2D eigenvalue weighted by atomic mass is 10.2. The van der Waals surface area contributed by atoms with Gasteiger partial charge in [0.1, 0.15) is 0 Å². The average Bonchev–Trinajstić information content (AvgIpc) is 3.22. The van der Waals surface area contributed by atoms with Gasteiger partial charge in [-0.2, -0.15) is 4.98 Å². The van der Waals surface area contributed by atoms with Crippen LogP contribution in [0.1, 0.15) is 48.3 Å². The van der Waals surface area contributed by atoms with E-state index < -0.39 is 0 Å². The smallest absolute Gasteiger partial charge is 0.228 e. The minimum Gasteiger partial charge on any atom is -0.356 e. The average molecular weight is 478 g/mol. The Bertz CT molecular complexity index is 655. The number of aliphatic imine (C=N–C) groups is 1. The molecule has 0 aliphatic heterocycles. The molecule has 0 fully saturated rings. The molecule has 0 spiro atoms. The first-order valence-electron chi connectivity index (χ1n) is 8.33. The Kier molecular flexibility index (Phi) is 9.94. The van der Waals surface area contributed by atoms with Gasteiger partial charge in [-0.1, -0.05) is 25.9 Å². The van der Waals surface area contributed by atoms with Gasteiger partial charge in [0, 0.05) is 50.0 Å². The molecule has 0 radical (unpaired) electrons. The van der Waals surface area contributed by atoms with E-state index in [0.717, 1.165) is 36.2 Å². The summed E-state index contributed by atoms with van der Waals surface area (Å²) in [5, 5.41) is 11.7. The van der Waals surface area contributed by atoms with E-state index in [1.807, 2.05) is 20.0 Å². The van der Waals surface area contributed by atoms with Gasteiger partial charge in [-0.25, -0.2) is 4.98 Å². The van der Waals surface area contributed by atoms with Crippen molar-refractivity contribution in [1.29, 1.82) is 0 Å². The first kappa shape index (κ1) is 21.8. The van der Waals surface area contributed by atoms with Crippen LogP contribution in [0.5, 0.6) is 0 Å². The van der Waals surface area contributed by atoms with Crippen LogP contribution in [0.2, 0.25) is 0 Å². The lowest BCUT2D eigenvalue weighted by molar-refractivity contribution is 0.371. The second kappa shape index (κ2) is 11.4. The van der Waals surface area contributed by atoms with Crippen molar-refractivity contribution in [2.45, 2.75) is 46.0 Å². The van der Waals surface area contributed by atoms with Gasteiger partial charge in [0.15, 0.2) is 11.8 Å². The summed E-state index contributed by atoms with van der Waals surface area (Å²) in [4.78, 5) is 14.3. The van der Waals surface area contributed by atoms with E-state index in [4.69, 9.17) is 4.52 Å². The third kappa shape index (κ3) is 7.27. The van der Waals surface area contributed by atoms with E-state index in [2.05, 4.69) is 37.7 Å². The molecule has 2 aromatic heterocycles. The molecule has 2 N–H and O–H groups in total. The summed E-state index contributed by atoms with van der Waals surface area (Å²) in [7, 11) is 1.76. The highest BCUT2D eigenvalue weighted by Gasteiger charge is 2.09. The summed E-state index contributed by atoms with van der Waals surface area (Å²) in [6.07, 6.45) is 4.57. The molecule has 25 heavy (non-hydrogen) atoms. The zero-order valence-corrected chi connectivity index (χ0v) is 18.4. The maximum absolute atomic E-state index is 5.23. The molecular formula is C16H27IN6OS. The molecule has 0 unspecified atom stereocenters. The Morgan fingerprint density at radius 2 is 2.00 bits per heavy atom. The molecule has 2 heterocycles. The Morgan fingerprint density at radius 1 is 1.28 bits per heavy atom. The SMILES string of the molecule is CCc1cnc(CCNC(=NC)NCCc2nc(C(C)C)no2)s1.I. The molecule has 2 rings (SSSR count). The fourth-order valence-corrected chi connectivity index (χ4v) is 2.89. The van der Waals surface area contributed by atoms with Gasteiger partial charge >= 0.3 is 0 Å². The highest BCUT2D eigenvalue weighted by molar-refractivity contribution is 14.0. The van der Waals surface area contributed by atoms with Gasteiger partial charge in [0.25, 0.3) is 0 Å². The van der Waals surface area contributed by atoms with Crippen LogP contribution in [0, 0.1) is 0 Å². The molecule has 0 atom stereocenters. The van der Waals surface area contributed by atoms with Gasteiger partial charge in [0.05, 0.1) is 5.01 Å². The zero-order valence-electron chi connectivity index (χ0n) is 15.2. The molecule has 0 bridgehead atoms. The summed E-state index contributed by atoms with van der Waals surface area (Å²) >= 11 is 1.77. The van der Waals surface area contributed by atoms with Crippen LogP contribution in [0.25, 0.3) is 0 Å². The number of aromatic nitrogens is 3. The van der Waals surface area contributed by atoms with Gasteiger partial charge in [0.2, 0.25) is 5.89 Å². The van der Waals surface area contributed by atoms with Crippen LogP contribution < -0.4 is 10.6 Å². The molecular weight excluding hydrogens is 451 g/mol. The van der Waals surface area contributed by atoms with Crippen LogP contribution in [0.3, 0.4) is 0 Å². The van der Waals surface area contributed by atoms with Crippen molar-refractivity contribution in [3.05, 3.63) is 27.8 Å². The van der Waals surface area contributed by atoms with E-state index in [1.54, 1.807) is 18.4 Å². The highest BCUT2D eigenvalue weighted by Crippen LogP contribution is 2.13. The van der Waals surface area contributed by atoms with Crippen molar-refractivity contribution in [3.63, 3.8) is 0 Å². The Labute approximate surface area is 170 Å². The molecule has 0 aromatic carbocycles. The van der Waals surface area contributed by atoms with E-state index in [0.29, 0.717) is 18.9 Å². The standard InChI is InChI=1S/C16H26N6OS.HI/c1-5-12-10-20-14(24-12)7-9-19-16(17-4)18-8-6-13-21-15(11(2)3)22-23-13;/h10-11H,5-9H2,1-4H3,(H2,17,18,19);1H. The van der Waals surface area contributed by atoms with Crippen molar-refractivity contribution in [2.24, 2.45) is 4.99 Å². The Hall–Kier alpha value is -1.23. The number of hydrogen-bond donors (Lipinski definition) is 2. The first-order chi connectivity index (χ1) is 11.6. The van der Waals surface area contributed by atoms with Gasteiger partial charge in [-0.05, 0) is 6.42 Å². The normalized spacial score (nSPS) is 11.5. The van der Waals surface area contributed by atoms with Crippen molar-refractivity contribution >= 4 is 41.3 Å². The summed E-state index contributed by atoms with van der Waals surface area (Å²) in [5.41, 5.74) is 0. The second-order valence-electron chi connectivity index (χ2n) is 5.70. The van der Waals surface area contributed by atoms with E-state index in [-0.39, 0.29) is 29.9 Å². The summed E-state index contributed by atoms with van der Waals surface area (Å²) in [6, 6.07) is 0. The van der Waals surface area contributed by atoms with Gasteiger partial charge in [-0.15, -0.1) is 35.3 Å². The maximum atomic E-state index is 5.23. The highest BCUT2D eigenvalue weighted by atomic mass is 127. The molecule has 0 saturated carbocycles. The molecule has 2 aromatic rings. The van der Waals surface area contributed by atoms with E-state index in [9.17, 15) is 0 Å². The molecule has 140 valence electrons. The topological polar surface area (TPSA) is 88.2 Å². The third-order valence-electron chi connectivity index (χ3n) is 3.44. The van der Waals surface area contributed by atoms with Crippen LogP contribution in [-0.4, -0.2) is 41.2 Å². The Morgan fingerprint density at radius 3 is 2.56 bits per heavy atom. The van der Waals surface area contributed by atoms with Gasteiger partial charge < -0.3 is 15.2 Å². The lowest BCUT2D eigenvalue weighted by Crippen LogP contribution is -2.39. The van der Waals surface area contributed by atoms with Crippen molar-refractivity contribution < 1.29 is 4.52 Å². The molecule has 9 heteroatoms. The number of aryl methyl sites for hydroxylation is 1.